The molecule has 0 spiro atoms. The zero-order valence-electron chi connectivity index (χ0n) is 11.5. The van der Waals surface area contributed by atoms with E-state index in [4.69, 9.17) is 5.26 Å². The van der Waals surface area contributed by atoms with E-state index in [0.717, 1.165) is 37.1 Å². The summed E-state index contributed by atoms with van der Waals surface area (Å²) in [6.45, 7) is 3.43. The second kappa shape index (κ2) is 6.94. The maximum Gasteiger partial charge on any atom is 0.150 e. The molecule has 0 bridgehead atoms. The van der Waals surface area contributed by atoms with Crippen LogP contribution in [-0.2, 0) is 0 Å². The molecule has 1 aromatic carbocycles. The summed E-state index contributed by atoms with van der Waals surface area (Å²) in [4.78, 5) is 1.80. The first-order valence-corrected chi connectivity index (χ1v) is 7.96. The molecule has 2 nitrogen and oxygen atoms in total. The fourth-order valence-electron chi connectivity index (χ4n) is 2.61. The van der Waals surface area contributed by atoms with Crippen molar-refractivity contribution in [3.05, 3.63) is 29.3 Å². The molecule has 1 aromatic rings. The van der Waals surface area contributed by atoms with Crippen LogP contribution in [0.4, 0.5) is 14.5 Å². The highest BCUT2D eigenvalue weighted by Gasteiger charge is 2.23. The Bertz CT molecular complexity index is 490. The fourth-order valence-corrected chi connectivity index (χ4v) is 3.70. The van der Waals surface area contributed by atoms with Gasteiger partial charge in [-0.15, -0.1) is 0 Å². The Morgan fingerprint density at radius 2 is 2.05 bits per heavy atom. The lowest BCUT2D eigenvalue weighted by Crippen LogP contribution is -2.31. The average molecular weight is 296 g/mol. The summed E-state index contributed by atoms with van der Waals surface area (Å²) in [5, 5.41) is 9.16. The maximum absolute atomic E-state index is 14.1. The molecule has 0 aromatic heterocycles. The van der Waals surface area contributed by atoms with E-state index in [1.54, 1.807) is 11.0 Å². The Morgan fingerprint density at radius 1 is 1.35 bits per heavy atom. The first-order valence-electron chi connectivity index (χ1n) is 6.91. The van der Waals surface area contributed by atoms with Crippen molar-refractivity contribution in [3.63, 3.8) is 0 Å². The topological polar surface area (TPSA) is 27.0 Å². The van der Waals surface area contributed by atoms with Crippen molar-refractivity contribution >= 4 is 17.4 Å². The number of nitriles is 1. The predicted molar refractivity (Wildman–Crippen MR) is 79.1 cm³/mol. The van der Waals surface area contributed by atoms with Crippen molar-refractivity contribution in [1.82, 2.24) is 0 Å². The Balaban J connectivity index is 2.27. The smallest absolute Gasteiger partial charge is 0.150 e. The van der Waals surface area contributed by atoms with Crippen molar-refractivity contribution in [2.45, 2.75) is 31.4 Å². The van der Waals surface area contributed by atoms with E-state index in [0.29, 0.717) is 18.3 Å². The number of hydrogen-bond acceptors (Lipinski definition) is 3. The summed E-state index contributed by atoms with van der Waals surface area (Å²) in [5.74, 6) is -0.260. The minimum absolute atomic E-state index is 0.0209. The van der Waals surface area contributed by atoms with E-state index in [1.807, 2.05) is 11.8 Å². The van der Waals surface area contributed by atoms with Gasteiger partial charge in [0, 0.05) is 18.3 Å². The van der Waals surface area contributed by atoms with Gasteiger partial charge in [-0.05, 0) is 30.7 Å². The van der Waals surface area contributed by atoms with Gasteiger partial charge in [0.15, 0.2) is 11.6 Å². The quantitative estimate of drug-likeness (QED) is 0.845. The summed E-state index contributed by atoms with van der Waals surface area (Å²) in [6, 6.07) is 4.01. The van der Waals surface area contributed by atoms with Gasteiger partial charge in [-0.2, -0.15) is 17.0 Å². The van der Waals surface area contributed by atoms with Gasteiger partial charge < -0.3 is 4.90 Å². The van der Waals surface area contributed by atoms with Crippen molar-refractivity contribution in [2.75, 3.05) is 23.7 Å². The summed E-state index contributed by atoms with van der Waals surface area (Å²) >= 11 is 1.84. The number of benzene rings is 1. The van der Waals surface area contributed by atoms with Gasteiger partial charge in [0.05, 0.1) is 11.6 Å². The highest BCUT2D eigenvalue weighted by atomic mass is 32.2. The van der Waals surface area contributed by atoms with E-state index in [9.17, 15) is 8.78 Å². The maximum atomic E-state index is 14.1. The molecule has 1 heterocycles. The standard InChI is InChI=1S/C15H18F2N2S/c1-2-20-12-5-3-4-6-19(10-12)15-13(16)7-11(9-18)8-14(15)17/h7-8,12H,2-6,10H2,1H3. The molecule has 5 heteroatoms. The highest BCUT2D eigenvalue weighted by molar-refractivity contribution is 7.99. The molecule has 1 aliphatic rings. The number of halogens is 2. The molecule has 20 heavy (non-hydrogen) atoms. The molecule has 1 aliphatic heterocycles. The summed E-state index contributed by atoms with van der Waals surface area (Å²) < 4.78 is 28.2. The van der Waals surface area contributed by atoms with Crippen LogP contribution in [0.25, 0.3) is 0 Å². The Morgan fingerprint density at radius 3 is 2.65 bits per heavy atom. The number of hydrogen-bond donors (Lipinski definition) is 0. The highest BCUT2D eigenvalue weighted by Crippen LogP contribution is 2.30. The minimum Gasteiger partial charge on any atom is -0.366 e. The van der Waals surface area contributed by atoms with Crippen molar-refractivity contribution in [3.8, 4) is 6.07 Å². The third-order valence-corrected chi connectivity index (χ3v) is 4.68. The summed E-state index contributed by atoms with van der Waals surface area (Å²) in [7, 11) is 0. The molecule has 1 unspecified atom stereocenters. The molecule has 0 radical (unpaired) electrons. The van der Waals surface area contributed by atoms with Crippen LogP contribution in [0.1, 0.15) is 31.7 Å². The van der Waals surface area contributed by atoms with Crippen LogP contribution in [0.5, 0.6) is 0 Å². The third kappa shape index (κ3) is 3.43. The Labute approximate surface area is 122 Å². The minimum atomic E-state index is -0.635. The molecule has 0 amide bonds. The zero-order chi connectivity index (χ0) is 14.5. The van der Waals surface area contributed by atoms with Crippen molar-refractivity contribution in [1.29, 1.82) is 5.26 Å². The van der Waals surface area contributed by atoms with Gasteiger partial charge in [0.2, 0.25) is 0 Å². The van der Waals surface area contributed by atoms with Crippen LogP contribution in [0.3, 0.4) is 0 Å². The van der Waals surface area contributed by atoms with E-state index in [-0.39, 0.29) is 11.3 Å². The van der Waals surface area contributed by atoms with Gasteiger partial charge in [0.1, 0.15) is 5.69 Å². The molecule has 0 aliphatic carbocycles. The molecule has 108 valence electrons. The number of nitrogens with zero attached hydrogens (tertiary/aromatic N) is 2. The number of anilines is 1. The Kier molecular flexibility index (Phi) is 5.24. The van der Waals surface area contributed by atoms with E-state index in [2.05, 4.69) is 6.92 Å². The largest absolute Gasteiger partial charge is 0.366 e. The van der Waals surface area contributed by atoms with Crippen LogP contribution in [-0.4, -0.2) is 24.1 Å². The van der Waals surface area contributed by atoms with Gasteiger partial charge in [-0.3, -0.25) is 0 Å². The van der Waals surface area contributed by atoms with Crippen LogP contribution < -0.4 is 4.90 Å². The summed E-state index contributed by atoms with van der Waals surface area (Å²) in [6.07, 6.45) is 3.13. The number of rotatable bonds is 3. The first kappa shape index (κ1) is 15.1. The van der Waals surface area contributed by atoms with Crippen LogP contribution in [0, 0.1) is 23.0 Å². The summed E-state index contributed by atoms with van der Waals surface area (Å²) in [5.41, 5.74) is 0.0469. The monoisotopic (exact) mass is 296 g/mol. The zero-order valence-corrected chi connectivity index (χ0v) is 12.3. The molecule has 2 rings (SSSR count). The molecule has 1 saturated heterocycles. The molecule has 0 N–H and O–H groups in total. The average Bonchev–Trinajstić information content (AvgIpc) is 2.64. The molecular weight excluding hydrogens is 278 g/mol. The van der Waals surface area contributed by atoms with E-state index >= 15 is 0 Å². The van der Waals surface area contributed by atoms with E-state index in [1.165, 1.54) is 0 Å². The second-order valence-corrected chi connectivity index (χ2v) is 6.50. The second-order valence-electron chi connectivity index (χ2n) is 4.92. The fraction of sp³-hybridized carbons (Fsp3) is 0.533. The normalized spacial score (nSPS) is 19.5. The molecular formula is C15H18F2N2S. The lowest BCUT2D eigenvalue weighted by Gasteiger charge is -2.27. The molecule has 0 saturated carbocycles. The van der Waals surface area contributed by atoms with Crippen LogP contribution >= 0.6 is 11.8 Å². The van der Waals surface area contributed by atoms with Crippen LogP contribution in [0.15, 0.2) is 12.1 Å². The first-order chi connectivity index (χ1) is 9.65. The van der Waals surface area contributed by atoms with Gasteiger partial charge in [-0.1, -0.05) is 13.3 Å². The van der Waals surface area contributed by atoms with Gasteiger partial charge in [-0.25, -0.2) is 8.78 Å². The van der Waals surface area contributed by atoms with E-state index < -0.39 is 11.6 Å². The lowest BCUT2D eigenvalue weighted by atomic mass is 10.2. The van der Waals surface area contributed by atoms with Gasteiger partial charge >= 0.3 is 0 Å². The van der Waals surface area contributed by atoms with Crippen molar-refractivity contribution < 1.29 is 8.78 Å². The lowest BCUT2D eigenvalue weighted by molar-refractivity contribution is 0.570. The third-order valence-electron chi connectivity index (χ3n) is 3.49. The number of thioether (sulfide) groups is 1. The molecule has 1 fully saturated rings. The Hall–Kier alpha value is -1.28. The predicted octanol–water partition coefficient (Wildman–Crippen LogP) is 3.95. The van der Waals surface area contributed by atoms with Crippen LogP contribution in [0.2, 0.25) is 0 Å². The van der Waals surface area contributed by atoms with Gasteiger partial charge in [0.25, 0.3) is 0 Å². The SMILES string of the molecule is CCSC1CCCCN(c2c(F)cc(C#N)cc2F)C1. The molecule has 1 atom stereocenters. The van der Waals surface area contributed by atoms with Crippen molar-refractivity contribution in [2.24, 2.45) is 0 Å².